The van der Waals surface area contributed by atoms with Gasteiger partial charge in [0.15, 0.2) is 0 Å². The molecule has 0 aliphatic heterocycles. The Kier molecular flexibility index (Phi) is 5.92. The van der Waals surface area contributed by atoms with Crippen molar-refractivity contribution in [2.24, 2.45) is 5.92 Å². The Morgan fingerprint density at radius 1 is 1.53 bits per heavy atom. The van der Waals surface area contributed by atoms with Crippen LogP contribution < -0.4 is 0 Å². The standard InChI is InChI=1S/C11H16F2O2/c1-3-4-5-6-7-9(8-10(14)15)11(2,12)13/h1,9H,4-8H2,2H3,(H,14,15). The van der Waals surface area contributed by atoms with E-state index in [0.717, 1.165) is 6.92 Å². The lowest BCUT2D eigenvalue weighted by molar-refractivity contribution is -0.142. The van der Waals surface area contributed by atoms with E-state index in [2.05, 4.69) is 5.92 Å². The van der Waals surface area contributed by atoms with Crippen molar-refractivity contribution in [1.82, 2.24) is 0 Å². The summed E-state index contributed by atoms with van der Waals surface area (Å²) in [5.74, 6) is -2.79. The van der Waals surface area contributed by atoms with Gasteiger partial charge in [-0.2, -0.15) is 0 Å². The Hall–Kier alpha value is -1.11. The van der Waals surface area contributed by atoms with Gasteiger partial charge in [0.25, 0.3) is 0 Å². The van der Waals surface area contributed by atoms with Crippen molar-refractivity contribution in [2.45, 2.75) is 45.0 Å². The Balaban J connectivity index is 4.04. The normalized spacial score (nSPS) is 13.2. The molecule has 4 heteroatoms. The van der Waals surface area contributed by atoms with Gasteiger partial charge < -0.3 is 5.11 Å². The molecule has 0 aliphatic carbocycles. The van der Waals surface area contributed by atoms with E-state index in [1.54, 1.807) is 0 Å². The first-order valence-corrected chi connectivity index (χ1v) is 4.91. The molecule has 0 bridgehead atoms. The van der Waals surface area contributed by atoms with Crippen LogP contribution in [0.15, 0.2) is 0 Å². The van der Waals surface area contributed by atoms with Crippen LogP contribution in [0.2, 0.25) is 0 Å². The zero-order valence-corrected chi connectivity index (χ0v) is 8.80. The topological polar surface area (TPSA) is 37.3 Å². The highest BCUT2D eigenvalue weighted by Gasteiger charge is 2.34. The van der Waals surface area contributed by atoms with Crippen LogP contribution in [0, 0.1) is 18.3 Å². The molecular formula is C11H16F2O2. The molecular weight excluding hydrogens is 202 g/mol. The number of unbranched alkanes of at least 4 members (excludes halogenated alkanes) is 2. The van der Waals surface area contributed by atoms with E-state index in [1.807, 2.05) is 0 Å². The first-order chi connectivity index (χ1) is 6.88. The molecule has 15 heavy (non-hydrogen) atoms. The van der Waals surface area contributed by atoms with Crippen molar-refractivity contribution in [3.8, 4) is 12.3 Å². The van der Waals surface area contributed by atoms with E-state index in [1.165, 1.54) is 0 Å². The van der Waals surface area contributed by atoms with Crippen LogP contribution in [0.25, 0.3) is 0 Å². The maximum absolute atomic E-state index is 13.0. The largest absolute Gasteiger partial charge is 0.481 e. The Morgan fingerprint density at radius 2 is 2.13 bits per heavy atom. The summed E-state index contributed by atoms with van der Waals surface area (Å²) in [6.45, 7) is 0.766. The van der Waals surface area contributed by atoms with Crippen LogP contribution in [0.1, 0.15) is 39.0 Å². The van der Waals surface area contributed by atoms with Crippen LogP contribution in [0.4, 0.5) is 8.78 Å². The van der Waals surface area contributed by atoms with Gasteiger partial charge >= 0.3 is 5.97 Å². The van der Waals surface area contributed by atoms with Crippen LogP contribution in [-0.2, 0) is 4.79 Å². The van der Waals surface area contributed by atoms with E-state index in [9.17, 15) is 13.6 Å². The van der Waals surface area contributed by atoms with Gasteiger partial charge in [-0.15, -0.1) is 12.3 Å². The number of alkyl halides is 2. The van der Waals surface area contributed by atoms with E-state index in [-0.39, 0.29) is 6.42 Å². The quantitative estimate of drug-likeness (QED) is 0.527. The summed E-state index contributed by atoms with van der Waals surface area (Å²) >= 11 is 0. The Bertz CT molecular complexity index is 238. The minimum atomic E-state index is -2.94. The average molecular weight is 218 g/mol. The second-order valence-corrected chi connectivity index (χ2v) is 3.70. The summed E-state index contributed by atoms with van der Waals surface area (Å²) in [6.07, 6.45) is 6.51. The molecule has 0 heterocycles. The summed E-state index contributed by atoms with van der Waals surface area (Å²) < 4.78 is 25.9. The molecule has 0 saturated heterocycles. The minimum absolute atomic E-state index is 0.206. The molecule has 0 radical (unpaired) electrons. The van der Waals surface area contributed by atoms with Gasteiger partial charge in [0.2, 0.25) is 5.92 Å². The van der Waals surface area contributed by atoms with Crippen molar-refractivity contribution in [3.05, 3.63) is 0 Å². The van der Waals surface area contributed by atoms with Crippen molar-refractivity contribution < 1.29 is 18.7 Å². The number of hydrogen-bond acceptors (Lipinski definition) is 1. The third kappa shape index (κ3) is 6.89. The maximum atomic E-state index is 13.0. The molecule has 0 spiro atoms. The lowest BCUT2D eigenvalue weighted by Crippen LogP contribution is -2.26. The van der Waals surface area contributed by atoms with E-state index < -0.39 is 24.2 Å². The lowest BCUT2D eigenvalue weighted by Gasteiger charge is -2.21. The average Bonchev–Trinajstić information content (AvgIpc) is 2.08. The maximum Gasteiger partial charge on any atom is 0.303 e. The zero-order valence-electron chi connectivity index (χ0n) is 8.80. The monoisotopic (exact) mass is 218 g/mol. The summed E-state index contributed by atoms with van der Waals surface area (Å²) in [5.41, 5.74) is 0. The number of carbonyl (C=O) groups is 1. The molecule has 86 valence electrons. The Morgan fingerprint density at radius 3 is 2.53 bits per heavy atom. The summed E-state index contributed by atoms with van der Waals surface area (Å²) in [4.78, 5) is 10.4. The van der Waals surface area contributed by atoms with E-state index in [4.69, 9.17) is 11.5 Å². The number of carboxylic acids is 1. The minimum Gasteiger partial charge on any atom is -0.481 e. The van der Waals surface area contributed by atoms with Crippen LogP contribution in [-0.4, -0.2) is 17.0 Å². The third-order valence-corrected chi connectivity index (χ3v) is 2.26. The van der Waals surface area contributed by atoms with Crippen LogP contribution in [0.5, 0.6) is 0 Å². The predicted molar refractivity (Wildman–Crippen MR) is 53.7 cm³/mol. The fourth-order valence-electron chi connectivity index (χ4n) is 1.36. The van der Waals surface area contributed by atoms with Gasteiger partial charge in [-0.3, -0.25) is 4.79 Å². The molecule has 0 saturated carbocycles. The molecule has 1 N–H and O–H groups in total. The molecule has 1 atom stereocenters. The van der Waals surface area contributed by atoms with Crippen LogP contribution in [0.3, 0.4) is 0 Å². The van der Waals surface area contributed by atoms with Gasteiger partial charge in [0.05, 0.1) is 6.42 Å². The van der Waals surface area contributed by atoms with Gasteiger partial charge in [0, 0.05) is 12.3 Å². The molecule has 0 aromatic heterocycles. The fraction of sp³-hybridized carbons (Fsp3) is 0.727. The number of aliphatic carboxylic acids is 1. The first-order valence-electron chi connectivity index (χ1n) is 4.91. The molecule has 1 unspecified atom stereocenters. The third-order valence-electron chi connectivity index (χ3n) is 2.26. The first kappa shape index (κ1) is 13.9. The van der Waals surface area contributed by atoms with E-state index in [0.29, 0.717) is 19.3 Å². The fourth-order valence-corrected chi connectivity index (χ4v) is 1.36. The molecule has 0 fully saturated rings. The molecule has 0 rings (SSSR count). The predicted octanol–water partition coefficient (Wildman–Crippen LogP) is 2.93. The zero-order chi connectivity index (χ0) is 11.9. The van der Waals surface area contributed by atoms with E-state index >= 15 is 0 Å². The Labute approximate surface area is 88.7 Å². The van der Waals surface area contributed by atoms with Gasteiger partial charge in [-0.05, 0) is 19.8 Å². The van der Waals surface area contributed by atoms with Gasteiger partial charge in [-0.25, -0.2) is 8.78 Å². The lowest BCUT2D eigenvalue weighted by atomic mass is 9.92. The van der Waals surface area contributed by atoms with Gasteiger partial charge in [-0.1, -0.05) is 6.42 Å². The summed E-state index contributed by atoms with van der Waals surface area (Å²) in [6, 6.07) is 0. The van der Waals surface area contributed by atoms with Crippen molar-refractivity contribution >= 4 is 5.97 Å². The highest BCUT2D eigenvalue weighted by atomic mass is 19.3. The number of halogens is 2. The van der Waals surface area contributed by atoms with Crippen molar-refractivity contribution in [1.29, 1.82) is 0 Å². The second kappa shape index (κ2) is 6.39. The number of hydrogen-bond donors (Lipinski definition) is 1. The number of rotatable bonds is 7. The molecule has 0 aromatic carbocycles. The molecule has 0 amide bonds. The number of carboxylic acid groups (broad SMARTS) is 1. The smallest absolute Gasteiger partial charge is 0.303 e. The van der Waals surface area contributed by atoms with Crippen molar-refractivity contribution in [2.75, 3.05) is 0 Å². The number of terminal acetylenes is 1. The second-order valence-electron chi connectivity index (χ2n) is 3.70. The SMILES string of the molecule is C#CCCCCC(CC(=O)O)C(C)(F)F. The van der Waals surface area contributed by atoms with Gasteiger partial charge in [0.1, 0.15) is 0 Å². The summed E-state index contributed by atoms with van der Waals surface area (Å²) in [5, 5.41) is 8.48. The highest BCUT2D eigenvalue weighted by molar-refractivity contribution is 5.67. The highest BCUT2D eigenvalue weighted by Crippen LogP contribution is 2.31. The summed E-state index contributed by atoms with van der Waals surface area (Å²) in [7, 11) is 0. The molecule has 0 aliphatic rings. The van der Waals surface area contributed by atoms with Crippen molar-refractivity contribution in [3.63, 3.8) is 0 Å². The molecule has 0 aromatic rings. The van der Waals surface area contributed by atoms with Crippen LogP contribution >= 0.6 is 0 Å². The molecule has 2 nitrogen and oxygen atoms in total.